The normalized spacial score (nSPS) is 24.1. The van der Waals surface area contributed by atoms with Gasteiger partial charge in [0.25, 0.3) is 0 Å². The van der Waals surface area contributed by atoms with Crippen molar-refractivity contribution in [2.75, 3.05) is 26.7 Å². The lowest BCUT2D eigenvalue weighted by Gasteiger charge is -2.33. The highest BCUT2D eigenvalue weighted by atomic mass is 16.3. The van der Waals surface area contributed by atoms with Crippen LogP contribution in [0.25, 0.3) is 0 Å². The fourth-order valence-corrected chi connectivity index (χ4v) is 3.08. The summed E-state index contributed by atoms with van der Waals surface area (Å²) in [4.78, 5) is 15.8. The van der Waals surface area contributed by atoms with Crippen LogP contribution in [-0.4, -0.2) is 65.7 Å². The van der Waals surface area contributed by atoms with Crippen LogP contribution in [0.4, 0.5) is 0 Å². The molecule has 5 nitrogen and oxygen atoms in total. The van der Waals surface area contributed by atoms with Gasteiger partial charge in [0, 0.05) is 19.1 Å². The maximum absolute atomic E-state index is 11.4. The lowest BCUT2D eigenvalue weighted by molar-refractivity contribution is -0.126. The number of likely N-dealkylation sites (tertiary alicyclic amines) is 1. The van der Waals surface area contributed by atoms with E-state index in [0.717, 1.165) is 26.1 Å². The van der Waals surface area contributed by atoms with E-state index in [4.69, 9.17) is 5.73 Å². The molecule has 3 unspecified atom stereocenters. The summed E-state index contributed by atoms with van der Waals surface area (Å²) >= 11 is 0. The van der Waals surface area contributed by atoms with Gasteiger partial charge < -0.3 is 10.8 Å². The molecule has 0 bridgehead atoms. The van der Waals surface area contributed by atoms with E-state index in [1.807, 2.05) is 11.9 Å². The second-order valence-electron chi connectivity index (χ2n) is 6.21. The first-order valence-corrected chi connectivity index (χ1v) is 7.24. The molecule has 0 aromatic heterocycles. The Kier molecular flexibility index (Phi) is 6.23. The predicted octanol–water partition coefficient (Wildman–Crippen LogP) is 0.273. The first-order valence-electron chi connectivity index (χ1n) is 7.24. The molecule has 0 radical (unpaired) electrons. The summed E-state index contributed by atoms with van der Waals surface area (Å²) < 4.78 is 0. The highest BCUT2D eigenvalue weighted by molar-refractivity contribution is 5.80. The molecule has 1 amide bonds. The third kappa shape index (κ3) is 4.75. The van der Waals surface area contributed by atoms with Gasteiger partial charge in [0.2, 0.25) is 5.91 Å². The summed E-state index contributed by atoms with van der Waals surface area (Å²) in [5.41, 5.74) is 5.37. The molecule has 1 saturated heterocycles. The fraction of sp³-hybridized carbons (Fsp3) is 0.929. The van der Waals surface area contributed by atoms with Gasteiger partial charge in [0.05, 0.1) is 6.10 Å². The van der Waals surface area contributed by atoms with Crippen molar-refractivity contribution in [2.24, 2.45) is 11.7 Å². The predicted molar refractivity (Wildman–Crippen MR) is 76.7 cm³/mol. The van der Waals surface area contributed by atoms with Crippen molar-refractivity contribution in [1.29, 1.82) is 0 Å². The van der Waals surface area contributed by atoms with E-state index in [1.54, 1.807) is 6.92 Å². The van der Waals surface area contributed by atoms with E-state index in [-0.39, 0.29) is 0 Å². The average Bonchev–Trinajstić information content (AvgIpc) is 2.63. The molecule has 0 aliphatic carbocycles. The number of likely N-dealkylation sites (N-methyl/N-ethyl adjacent to an activating group) is 1. The van der Waals surface area contributed by atoms with E-state index in [0.29, 0.717) is 12.0 Å². The number of hydrogen-bond donors (Lipinski definition) is 2. The van der Waals surface area contributed by atoms with Crippen LogP contribution in [0.2, 0.25) is 0 Å². The Hall–Kier alpha value is -0.650. The van der Waals surface area contributed by atoms with Gasteiger partial charge in [0.1, 0.15) is 6.04 Å². The standard InChI is InChI=1S/C14H29N3O2/c1-10(2)8-17-7-5-6-12(17)9-16(4)13(11(3)18)14(15)19/h10-13,18H,5-9H2,1-4H3,(H2,15,19). The van der Waals surface area contributed by atoms with Gasteiger partial charge >= 0.3 is 0 Å². The molecule has 112 valence electrons. The van der Waals surface area contributed by atoms with Crippen molar-refractivity contribution < 1.29 is 9.90 Å². The van der Waals surface area contributed by atoms with Crippen LogP contribution in [0.5, 0.6) is 0 Å². The minimum atomic E-state index is -0.734. The average molecular weight is 271 g/mol. The number of rotatable bonds is 7. The number of carbonyl (C=O) groups is 1. The number of primary amides is 1. The van der Waals surface area contributed by atoms with Crippen LogP contribution >= 0.6 is 0 Å². The smallest absolute Gasteiger partial charge is 0.237 e. The van der Waals surface area contributed by atoms with Crippen molar-refractivity contribution in [3.05, 3.63) is 0 Å². The molecule has 1 aliphatic rings. The van der Waals surface area contributed by atoms with E-state index in [9.17, 15) is 9.90 Å². The van der Waals surface area contributed by atoms with Gasteiger partial charge in [-0.1, -0.05) is 13.8 Å². The number of nitrogens with zero attached hydrogens (tertiary/aromatic N) is 2. The molecule has 0 aromatic carbocycles. The highest BCUT2D eigenvalue weighted by Crippen LogP contribution is 2.20. The molecular formula is C14H29N3O2. The summed E-state index contributed by atoms with van der Waals surface area (Å²) in [5, 5.41) is 9.68. The van der Waals surface area contributed by atoms with Gasteiger partial charge in [-0.2, -0.15) is 0 Å². The zero-order valence-corrected chi connectivity index (χ0v) is 12.7. The van der Waals surface area contributed by atoms with Crippen LogP contribution in [0, 0.1) is 5.92 Å². The summed E-state index contributed by atoms with van der Waals surface area (Å²) in [6.07, 6.45) is 1.63. The van der Waals surface area contributed by atoms with Gasteiger partial charge in [-0.25, -0.2) is 0 Å². The Morgan fingerprint density at radius 3 is 2.58 bits per heavy atom. The second-order valence-corrected chi connectivity index (χ2v) is 6.21. The van der Waals surface area contributed by atoms with Crippen molar-refractivity contribution in [3.63, 3.8) is 0 Å². The van der Waals surface area contributed by atoms with E-state index in [1.165, 1.54) is 6.42 Å². The lowest BCUT2D eigenvalue weighted by atomic mass is 10.1. The first-order chi connectivity index (χ1) is 8.82. The summed E-state index contributed by atoms with van der Waals surface area (Å²) in [6.45, 7) is 9.07. The van der Waals surface area contributed by atoms with Crippen LogP contribution in [-0.2, 0) is 4.79 Å². The Balaban J connectivity index is 2.59. The lowest BCUT2D eigenvalue weighted by Crippen LogP contribution is -2.53. The molecule has 19 heavy (non-hydrogen) atoms. The Labute approximate surface area is 116 Å². The Bertz CT molecular complexity index is 294. The van der Waals surface area contributed by atoms with Crippen LogP contribution < -0.4 is 5.73 Å². The molecule has 0 saturated carbocycles. The summed E-state index contributed by atoms with van der Waals surface area (Å²) in [7, 11) is 1.87. The van der Waals surface area contributed by atoms with E-state index >= 15 is 0 Å². The van der Waals surface area contributed by atoms with Gasteiger partial charge in [-0.3, -0.25) is 14.6 Å². The minimum absolute atomic E-state index is 0.453. The van der Waals surface area contributed by atoms with Gasteiger partial charge in [0.15, 0.2) is 0 Å². The van der Waals surface area contributed by atoms with E-state index in [2.05, 4.69) is 18.7 Å². The first kappa shape index (κ1) is 16.4. The van der Waals surface area contributed by atoms with Crippen LogP contribution in [0.1, 0.15) is 33.6 Å². The molecule has 3 atom stereocenters. The molecule has 3 N–H and O–H groups in total. The molecule has 0 aromatic rings. The third-order valence-corrected chi connectivity index (χ3v) is 3.82. The zero-order chi connectivity index (χ0) is 14.6. The quantitative estimate of drug-likeness (QED) is 0.697. The van der Waals surface area contributed by atoms with Crippen LogP contribution in [0.3, 0.4) is 0 Å². The van der Waals surface area contributed by atoms with Gasteiger partial charge in [-0.05, 0) is 39.3 Å². The number of hydrogen-bond acceptors (Lipinski definition) is 4. The Morgan fingerprint density at radius 1 is 1.47 bits per heavy atom. The maximum atomic E-state index is 11.4. The van der Waals surface area contributed by atoms with Crippen molar-refractivity contribution in [3.8, 4) is 0 Å². The summed E-state index contributed by atoms with van der Waals surface area (Å²) in [5.74, 6) is 0.195. The fourth-order valence-electron chi connectivity index (χ4n) is 3.08. The number of aliphatic hydroxyl groups excluding tert-OH is 1. The third-order valence-electron chi connectivity index (χ3n) is 3.82. The number of amides is 1. The topological polar surface area (TPSA) is 69.8 Å². The van der Waals surface area contributed by atoms with Crippen molar-refractivity contribution >= 4 is 5.91 Å². The van der Waals surface area contributed by atoms with Gasteiger partial charge in [-0.15, -0.1) is 0 Å². The molecule has 5 heteroatoms. The largest absolute Gasteiger partial charge is 0.391 e. The van der Waals surface area contributed by atoms with Crippen LogP contribution in [0.15, 0.2) is 0 Å². The molecular weight excluding hydrogens is 242 g/mol. The second kappa shape index (κ2) is 7.22. The zero-order valence-electron chi connectivity index (χ0n) is 12.7. The van der Waals surface area contributed by atoms with Crippen molar-refractivity contribution in [2.45, 2.75) is 51.8 Å². The van der Waals surface area contributed by atoms with Crippen molar-refractivity contribution in [1.82, 2.24) is 9.80 Å². The Morgan fingerprint density at radius 2 is 2.11 bits per heavy atom. The summed E-state index contributed by atoms with van der Waals surface area (Å²) in [6, 6.07) is -0.130. The number of aliphatic hydroxyl groups is 1. The number of carbonyl (C=O) groups excluding carboxylic acids is 1. The molecule has 1 aliphatic heterocycles. The number of nitrogens with two attached hydrogens (primary N) is 1. The monoisotopic (exact) mass is 271 g/mol. The van der Waals surface area contributed by atoms with E-state index < -0.39 is 18.1 Å². The molecule has 0 spiro atoms. The SMILES string of the molecule is CC(C)CN1CCCC1CN(C)C(C(N)=O)C(C)O. The molecule has 1 heterocycles. The molecule has 1 fully saturated rings. The maximum Gasteiger partial charge on any atom is 0.237 e. The minimum Gasteiger partial charge on any atom is -0.391 e. The highest BCUT2D eigenvalue weighted by Gasteiger charge is 2.31. The molecule has 1 rings (SSSR count).